The number of hydrogen-bond donors (Lipinski definition) is 2. The number of carbonyl (C=O) groups excluding carboxylic acids is 1. The van der Waals surface area contributed by atoms with Gasteiger partial charge in [-0.3, -0.25) is 10.2 Å². The second kappa shape index (κ2) is 8.52. The number of carbonyl (C=O) groups is 1. The number of ether oxygens (including phenoxy) is 2. The van der Waals surface area contributed by atoms with Crippen molar-refractivity contribution in [2.24, 2.45) is 0 Å². The second-order valence-corrected chi connectivity index (χ2v) is 8.46. The van der Waals surface area contributed by atoms with Crippen LogP contribution in [0.25, 0.3) is 6.08 Å². The van der Waals surface area contributed by atoms with Crippen LogP contribution < -0.4 is 14.8 Å². The van der Waals surface area contributed by atoms with Crippen molar-refractivity contribution in [1.29, 1.82) is 5.41 Å². The fourth-order valence-corrected chi connectivity index (χ4v) is 3.37. The largest absolute Gasteiger partial charge is 0.490 e. The summed E-state index contributed by atoms with van der Waals surface area (Å²) < 4.78 is 11.6. The first-order valence-corrected chi connectivity index (χ1v) is 9.89. The van der Waals surface area contributed by atoms with Crippen molar-refractivity contribution in [3.63, 3.8) is 0 Å². The van der Waals surface area contributed by atoms with Gasteiger partial charge in [-0.2, -0.15) is 0 Å². The van der Waals surface area contributed by atoms with E-state index in [1.807, 2.05) is 36.4 Å². The number of para-hydroxylation sites is 1. The molecule has 3 rings (SSSR count). The van der Waals surface area contributed by atoms with Gasteiger partial charge in [-0.05, 0) is 47.0 Å². The van der Waals surface area contributed by atoms with E-state index in [-0.39, 0.29) is 16.5 Å². The fourth-order valence-electron chi connectivity index (χ4n) is 2.68. The van der Waals surface area contributed by atoms with Gasteiger partial charge in [0.15, 0.2) is 5.17 Å². The molecule has 0 radical (unpaired) electrons. The minimum atomic E-state index is -0.258. The van der Waals surface area contributed by atoms with E-state index in [1.165, 1.54) is 5.56 Å². The standard InChI is InChI=1S/C22H24N2O3S/c1-22(2,3)16-8-10-17(11-9-16)26-12-13-27-18-7-5-4-6-15(18)14-19-20(25)24-21(23)28-19/h4-11,14H,12-13H2,1-3H3,(H2,23,24,25). The van der Waals surface area contributed by atoms with Gasteiger partial charge in [0, 0.05) is 5.56 Å². The summed E-state index contributed by atoms with van der Waals surface area (Å²) in [6.45, 7) is 7.34. The Hall–Kier alpha value is -2.73. The number of hydrogen-bond acceptors (Lipinski definition) is 5. The van der Waals surface area contributed by atoms with E-state index in [0.717, 1.165) is 23.1 Å². The molecule has 146 valence electrons. The molecule has 1 aliphatic rings. The molecule has 6 heteroatoms. The van der Waals surface area contributed by atoms with Crippen LogP contribution in [0.4, 0.5) is 0 Å². The van der Waals surface area contributed by atoms with E-state index in [0.29, 0.717) is 23.9 Å². The monoisotopic (exact) mass is 396 g/mol. The lowest BCUT2D eigenvalue weighted by atomic mass is 9.87. The van der Waals surface area contributed by atoms with E-state index in [1.54, 1.807) is 6.08 Å². The third-order valence-electron chi connectivity index (χ3n) is 4.20. The van der Waals surface area contributed by atoms with Crippen molar-refractivity contribution in [2.75, 3.05) is 13.2 Å². The van der Waals surface area contributed by atoms with Crippen LogP contribution in [0.15, 0.2) is 53.4 Å². The number of benzene rings is 2. The summed E-state index contributed by atoms with van der Waals surface area (Å²) in [4.78, 5) is 12.3. The van der Waals surface area contributed by atoms with Crippen molar-refractivity contribution >= 4 is 28.9 Å². The van der Waals surface area contributed by atoms with Gasteiger partial charge in [-0.15, -0.1) is 0 Å². The molecule has 1 saturated heterocycles. The first-order chi connectivity index (χ1) is 13.3. The average Bonchev–Trinajstić information content (AvgIpc) is 2.96. The quantitative estimate of drug-likeness (QED) is 0.554. The van der Waals surface area contributed by atoms with Gasteiger partial charge in [-0.25, -0.2) is 0 Å². The van der Waals surface area contributed by atoms with E-state index in [2.05, 4.69) is 38.2 Å². The molecule has 1 heterocycles. The number of amides is 1. The van der Waals surface area contributed by atoms with Crippen LogP contribution >= 0.6 is 11.8 Å². The van der Waals surface area contributed by atoms with Crippen LogP contribution in [0.3, 0.4) is 0 Å². The molecule has 0 aliphatic carbocycles. The topological polar surface area (TPSA) is 71.4 Å². The lowest BCUT2D eigenvalue weighted by Gasteiger charge is -2.19. The number of nitrogens with one attached hydrogen (secondary N) is 2. The molecule has 0 spiro atoms. The highest BCUT2D eigenvalue weighted by Gasteiger charge is 2.22. The molecule has 2 N–H and O–H groups in total. The first kappa shape index (κ1) is 20.0. The molecular formula is C22H24N2O3S. The van der Waals surface area contributed by atoms with Crippen LogP contribution in [0.5, 0.6) is 11.5 Å². The molecule has 0 atom stereocenters. The smallest absolute Gasteiger partial charge is 0.264 e. The summed E-state index contributed by atoms with van der Waals surface area (Å²) in [5.74, 6) is 1.23. The van der Waals surface area contributed by atoms with Crippen LogP contribution in [0, 0.1) is 5.41 Å². The maximum Gasteiger partial charge on any atom is 0.264 e. The number of thioether (sulfide) groups is 1. The zero-order valence-corrected chi connectivity index (χ0v) is 17.1. The minimum absolute atomic E-state index is 0.118. The molecule has 0 aromatic heterocycles. The number of rotatable bonds is 6. The van der Waals surface area contributed by atoms with Gasteiger partial charge in [0.25, 0.3) is 5.91 Å². The number of amidine groups is 1. The third-order valence-corrected chi connectivity index (χ3v) is 5.03. The summed E-state index contributed by atoms with van der Waals surface area (Å²) in [7, 11) is 0. The molecule has 1 amide bonds. The summed E-state index contributed by atoms with van der Waals surface area (Å²) >= 11 is 1.11. The Kier molecular flexibility index (Phi) is 6.09. The second-order valence-electron chi connectivity index (χ2n) is 7.40. The Morgan fingerprint density at radius 2 is 1.71 bits per heavy atom. The van der Waals surface area contributed by atoms with E-state index < -0.39 is 0 Å². The average molecular weight is 397 g/mol. The van der Waals surface area contributed by atoms with Crippen molar-refractivity contribution in [3.05, 3.63) is 64.6 Å². The zero-order valence-electron chi connectivity index (χ0n) is 16.2. The maximum atomic E-state index is 11.8. The predicted molar refractivity (Wildman–Crippen MR) is 114 cm³/mol. The lowest BCUT2D eigenvalue weighted by molar-refractivity contribution is -0.115. The molecule has 0 unspecified atom stereocenters. The Labute approximate surface area is 169 Å². The van der Waals surface area contributed by atoms with Gasteiger partial charge in [0.1, 0.15) is 24.7 Å². The fraction of sp³-hybridized carbons (Fsp3) is 0.273. The van der Waals surface area contributed by atoms with Crippen molar-refractivity contribution in [3.8, 4) is 11.5 Å². The van der Waals surface area contributed by atoms with Gasteiger partial charge >= 0.3 is 0 Å². The summed E-state index contributed by atoms with van der Waals surface area (Å²) in [5.41, 5.74) is 2.18. The zero-order chi connectivity index (χ0) is 20.1. The summed E-state index contributed by atoms with van der Waals surface area (Å²) in [5, 5.41) is 10.1. The van der Waals surface area contributed by atoms with Crippen LogP contribution in [0.2, 0.25) is 0 Å². The van der Waals surface area contributed by atoms with Crippen molar-refractivity contribution in [2.45, 2.75) is 26.2 Å². The normalized spacial score (nSPS) is 15.6. The maximum absolute atomic E-state index is 11.8. The van der Waals surface area contributed by atoms with Crippen LogP contribution in [-0.4, -0.2) is 24.3 Å². The van der Waals surface area contributed by atoms with Gasteiger partial charge in [-0.1, -0.05) is 51.1 Å². The van der Waals surface area contributed by atoms with Gasteiger partial charge in [0.2, 0.25) is 0 Å². The summed E-state index contributed by atoms with van der Waals surface area (Å²) in [6, 6.07) is 15.6. The Morgan fingerprint density at radius 3 is 2.36 bits per heavy atom. The SMILES string of the molecule is CC(C)(C)c1ccc(OCCOc2ccccc2C=C2SC(=N)NC2=O)cc1. The Bertz CT molecular complexity index is 899. The molecule has 2 aromatic carbocycles. The highest BCUT2D eigenvalue weighted by atomic mass is 32.2. The molecule has 1 fully saturated rings. The highest BCUT2D eigenvalue weighted by molar-refractivity contribution is 8.18. The molecule has 0 bridgehead atoms. The van der Waals surface area contributed by atoms with Crippen LogP contribution in [-0.2, 0) is 10.2 Å². The van der Waals surface area contributed by atoms with Gasteiger partial charge < -0.3 is 14.8 Å². The molecule has 0 saturated carbocycles. The first-order valence-electron chi connectivity index (χ1n) is 9.07. The predicted octanol–water partition coefficient (Wildman–Crippen LogP) is 4.58. The third kappa shape index (κ3) is 5.16. The van der Waals surface area contributed by atoms with Crippen LogP contribution in [0.1, 0.15) is 31.9 Å². The summed E-state index contributed by atoms with van der Waals surface area (Å²) in [6.07, 6.45) is 1.74. The molecule has 2 aromatic rings. The highest BCUT2D eigenvalue weighted by Crippen LogP contribution is 2.29. The van der Waals surface area contributed by atoms with Crippen molar-refractivity contribution < 1.29 is 14.3 Å². The van der Waals surface area contributed by atoms with Gasteiger partial charge in [0.05, 0.1) is 4.91 Å². The van der Waals surface area contributed by atoms with E-state index >= 15 is 0 Å². The van der Waals surface area contributed by atoms with E-state index in [9.17, 15) is 4.79 Å². The molecule has 1 aliphatic heterocycles. The lowest BCUT2D eigenvalue weighted by Crippen LogP contribution is -2.18. The Morgan fingerprint density at radius 1 is 1.04 bits per heavy atom. The minimum Gasteiger partial charge on any atom is -0.490 e. The Balaban J connectivity index is 1.56. The molecule has 5 nitrogen and oxygen atoms in total. The molecular weight excluding hydrogens is 372 g/mol. The van der Waals surface area contributed by atoms with E-state index in [4.69, 9.17) is 14.9 Å². The van der Waals surface area contributed by atoms with Crippen molar-refractivity contribution in [1.82, 2.24) is 5.32 Å². The molecule has 28 heavy (non-hydrogen) atoms.